The van der Waals surface area contributed by atoms with Crippen LogP contribution < -0.4 is 0 Å². The Kier molecular flexibility index (Phi) is 1.98. The van der Waals surface area contributed by atoms with Gasteiger partial charge in [0.15, 0.2) is 0 Å². The highest BCUT2D eigenvalue weighted by Gasteiger charge is 2.46. The molecule has 0 spiro atoms. The molecule has 3 atom stereocenters. The molecule has 2 aliphatic rings. The Labute approximate surface area is 76.8 Å². The summed E-state index contributed by atoms with van der Waals surface area (Å²) in [5, 5.41) is 0. The van der Waals surface area contributed by atoms with Gasteiger partial charge in [0.2, 0.25) is 0 Å². The summed E-state index contributed by atoms with van der Waals surface area (Å²) in [4.78, 5) is 23.4. The number of ether oxygens (including phenoxy) is 1. The Hall–Kier alpha value is -1.06. The van der Waals surface area contributed by atoms with Crippen molar-refractivity contribution in [2.24, 2.45) is 0 Å². The standard InChI is InChI=1S/C9H13NO3/c1-6-8-3-2-7(4-5-11)10(6)9(12)13-8/h5-8H,2-4H2,1H3/t6?,7-,8-/m0/s1. The van der Waals surface area contributed by atoms with Crippen LogP contribution in [-0.2, 0) is 9.53 Å². The summed E-state index contributed by atoms with van der Waals surface area (Å²) in [6.45, 7) is 1.98. The van der Waals surface area contributed by atoms with Gasteiger partial charge in [-0.3, -0.25) is 4.90 Å². The van der Waals surface area contributed by atoms with E-state index in [9.17, 15) is 9.59 Å². The fraction of sp³-hybridized carbons (Fsp3) is 0.778. The monoisotopic (exact) mass is 183 g/mol. The molecule has 2 saturated heterocycles. The summed E-state index contributed by atoms with van der Waals surface area (Å²) in [7, 11) is 0. The lowest BCUT2D eigenvalue weighted by molar-refractivity contribution is -0.109. The molecule has 1 unspecified atom stereocenters. The number of amides is 1. The molecule has 72 valence electrons. The first kappa shape index (κ1) is 8.53. The summed E-state index contributed by atoms with van der Waals surface area (Å²) in [6.07, 6.45) is 2.90. The van der Waals surface area contributed by atoms with Gasteiger partial charge >= 0.3 is 6.09 Å². The summed E-state index contributed by atoms with van der Waals surface area (Å²) in [6, 6.07) is 0.213. The minimum Gasteiger partial charge on any atom is -0.444 e. The molecule has 0 aliphatic carbocycles. The highest BCUT2D eigenvalue weighted by molar-refractivity contribution is 5.72. The maximum Gasteiger partial charge on any atom is 0.410 e. The first-order chi connectivity index (χ1) is 6.24. The van der Waals surface area contributed by atoms with Crippen LogP contribution in [-0.4, -0.2) is 35.5 Å². The van der Waals surface area contributed by atoms with Crippen LogP contribution in [0.1, 0.15) is 26.2 Å². The van der Waals surface area contributed by atoms with E-state index in [2.05, 4.69) is 0 Å². The SMILES string of the molecule is CC1[C@@H]2CC[C@@H](CC=O)N1C(=O)O2. The maximum absolute atomic E-state index is 11.3. The minimum atomic E-state index is -0.248. The number of carbonyl (C=O) groups excluding carboxylic acids is 2. The Bertz CT molecular complexity index is 241. The molecular formula is C9H13NO3. The first-order valence-corrected chi connectivity index (χ1v) is 4.66. The summed E-state index contributed by atoms with van der Waals surface area (Å²) in [5.41, 5.74) is 0. The van der Waals surface area contributed by atoms with Gasteiger partial charge in [0.05, 0.1) is 6.04 Å². The van der Waals surface area contributed by atoms with Crippen molar-refractivity contribution in [3.8, 4) is 0 Å². The predicted molar refractivity (Wildman–Crippen MR) is 45.3 cm³/mol. The highest BCUT2D eigenvalue weighted by Crippen LogP contribution is 2.33. The maximum atomic E-state index is 11.3. The van der Waals surface area contributed by atoms with E-state index in [1.165, 1.54) is 0 Å². The summed E-state index contributed by atoms with van der Waals surface area (Å²) < 4.78 is 5.15. The zero-order chi connectivity index (χ0) is 9.42. The second-order valence-electron chi connectivity index (χ2n) is 3.70. The number of aldehydes is 1. The lowest BCUT2D eigenvalue weighted by atomic mass is 9.94. The lowest BCUT2D eigenvalue weighted by Crippen LogP contribution is -2.46. The van der Waals surface area contributed by atoms with Gasteiger partial charge < -0.3 is 9.53 Å². The van der Waals surface area contributed by atoms with E-state index >= 15 is 0 Å². The van der Waals surface area contributed by atoms with E-state index in [4.69, 9.17) is 4.74 Å². The Morgan fingerprint density at radius 3 is 3.08 bits per heavy atom. The topological polar surface area (TPSA) is 46.6 Å². The quantitative estimate of drug-likeness (QED) is 0.599. The van der Waals surface area contributed by atoms with Crippen molar-refractivity contribution in [2.45, 2.75) is 44.4 Å². The van der Waals surface area contributed by atoms with Gasteiger partial charge in [-0.05, 0) is 19.8 Å². The van der Waals surface area contributed by atoms with E-state index in [0.29, 0.717) is 6.42 Å². The second kappa shape index (κ2) is 3.01. The van der Waals surface area contributed by atoms with Gasteiger partial charge in [0.25, 0.3) is 0 Å². The zero-order valence-corrected chi connectivity index (χ0v) is 7.60. The molecule has 0 N–H and O–H groups in total. The van der Waals surface area contributed by atoms with E-state index in [-0.39, 0.29) is 24.3 Å². The fourth-order valence-corrected chi connectivity index (χ4v) is 2.25. The molecule has 1 amide bonds. The third-order valence-corrected chi connectivity index (χ3v) is 2.99. The van der Waals surface area contributed by atoms with Crippen LogP contribution in [0.4, 0.5) is 4.79 Å². The molecule has 0 aromatic carbocycles. The number of nitrogens with zero attached hydrogens (tertiary/aromatic N) is 1. The number of fused-ring (bicyclic) bond motifs is 2. The molecular weight excluding hydrogens is 170 g/mol. The Balaban J connectivity index is 2.16. The predicted octanol–water partition coefficient (Wildman–Crippen LogP) is 0.947. The molecule has 2 rings (SSSR count). The van der Waals surface area contributed by atoms with Crippen LogP contribution in [0.2, 0.25) is 0 Å². The summed E-state index contributed by atoms with van der Waals surface area (Å²) >= 11 is 0. The van der Waals surface area contributed by atoms with Gasteiger partial charge in [-0.1, -0.05) is 0 Å². The Morgan fingerprint density at radius 2 is 2.38 bits per heavy atom. The van der Waals surface area contributed by atoms with Crippen LogP contribution in [0.5, 0.6) is 0 Å². The molecule has 2 heterocycles. The molecule has 0 aromatic heterocycles. The van der Waals surface area contributed by atoms with Crippen LogP contribution in [0.25, 0.3) is 0 Å². The zero-order valence-electron chi connectivity index (χ0n) is 7.60. The van der Waals surface area contributed by atoms with Crippen molar-refractivity contribution < 1.29 is 14.3 Å². The molecule has 4 heteroatoms. The van der Waals surface area contributed by atoms with Gasteiger partial charge in [0.1, 0.15) is 12.4 Å². The minimum absolute atomic E-state index is 0.0513. The lowest BCUT2D eigenvalue weighted by Gasteiger charge is -2.33. The van der Waals surface area contributed by atoms with Crippen molar-refractivity contribution in [1.82, 2.24) is 4.90 Å². The molecule has 0 radical (unpaired) electrons. The number of hydrogen-bond acceptors (Lipinski definition) is 3. The third-order valence-electron chi connectivity index (χ3n) is 2.99. The van der Waals surface area contributed by atoms with E-state index in [0.717, 1.165) is 19.1 Å². The van der Waals surface area contributed by atoms with Crippen molar-refractivity contribution in [3.05, 3.63) is 0 Å². The molecule has 2 bridgehead atoms. The highest BCUT2D eigenvalue weighted by atomic mass is 16.6. The molecule has 2 fully saturated rings. The number of carbonyl (C=O) groups is 2. The molecule has 0 saturated carbocycles. The van der Waals surface area contributed by atoms with Crippen LogP contribution in [0.15, 0.2) is 0 Å². The fourth-order valence-electron chi connectivity index (χ4n) is 2.25. The van der Waals surface area contributed by atoms with Crippen molar-refractivity contribution in [2.75, 3.05) is 0 Å². The second-order valence-corrected chi connectivity index (χ2v) is 3.70. The number of hydrogen-bond donors (Lipinski definition) is 0. The van der Waals surface area contributed by atoms with Crippen LogP contribution in [0.3, 0.4) is 0 Å². The molecule has 4 nitrogen and oxygen atoms in total. The van der Waals surface area contributed by atoms with Crippen LogP contribution >= 0.6 is 0 Å². The van der Waals surface area contributed by atoms with Gasteiger partial charge in [-0.15, -0.1) is 0 Å². The average molecular weight is 183 g/mol. The number of piperidine rings is 1. The van der Waals surface area contributed by atoms with Gasteiger partial charge in [0, 0.05) is 12.5 Å². The molecule has 13 heavy (non-hydrogen) atoms. The van der Waals surface area contributed by atoms with E-state index in [1.54, 1.807) is 4.90 Å². The average Bonchev–Trinajstić information content (AvgIpc) is 2.29. The van der Waals surface area contributed by atoms with E-state index in [1.807, 2.05) is 6.92 Å². The van der Waals surface area contributed by atoms with Crippen molar-refractivity contribution in [1.29, 1.82) is 0 Å². The Morgan fingerprint density at radius 1 is 1.62 bits per heavy atom. The molecule has 0 aromatic rings. The number of rotatable bonds is 2. The smallest absolute Gasteiger partial charge is 0.410 e. The first-order valence-electron chi connectivity index (χ1n) is 4.66. The van der Waals surface area contributed by atoms with Crippen molar-refractivity contribution in [3.63, 3.8) is 0 Å². The molecule has 2 aliphatic heterocycles. The normalized spacial score (nSPS) is 37.5. The summed E-state index contributed by atoms with van der Waals surface area (Å²) in [5.74, 6) is 0. The van der Waals surface area contributed by atoms with Crippen molar-refractivity contribution >= 4 is 12.4 Å². The third kappa shape index (κ3) is 1.20. The van der Waals surface area contributed by atoms with E-state index < -0.39 is 0 Å². The van der Waals surface area contributed by atoms with Gasteiger partial charge in [-0.25, -0.2) is 4.79 Å². The largest absolute Gasteiger partial charge is 0.444 e. The van der Waals surface area contributed by atoms with Gasteiger partial charge in [-0.2, -0.15) is 0 Å². The van der Waals surface area contributed by atoms with Crippen LogP contribution in [0, 0.1) is 0 Å².